The first-order valence-electron chi connectivity index (χ1n) is 6.92. The number of alkyl halides is 3. The van der Waals surface area contributed by atoms with E-state index in [9.17, 15) is 13.2 Å². The number of hydrogen-bond donors (Lipinski definition) is 0. The number of halogens is 3. The van der Waals surface area contributed by atoms with Crippen LogP contribution in [0.15, 0.2) is 30.3 Å². The van der Waals surface area contributed by atoms with E-state index in [4.69, 9.17) is 4.74 Å². The summed E-state index contributed by atoms with van der Waals surface area (Å²) in [5, 5.41) is 1.50. The van der Waals surface area contributed by atoms with Crippen molar-refractivity contribution < 1.29 is 22.6 Å². The number of fused-ring (bicyclic) bond motifs is 1. The van der Waals surface area contributed by atoms with Gasteiger partial charge in [-0.05, 0) is 34.1 Å². The normalized spacial score (nSPS) is 12.7. The van der Waals surface area contributed by atoms with Crippen LogP contribution in [-0.4, -0.2) is 13.5 Å². The van der Waals surface area contributed by atoms with Crippen LogP contribution in [0.4, 0.5) is 13.2 Å². The minimum absolute atomic E-state index is 0.192. The standard InChI is InChI=1S/C17H19F3O2/c1-16(2,3)12-8-11(10-22-17(18,19)20)13-6-5-7-15(21-4)14(13)9-12/h5-9H,10H2,1-4H3. The highest BCUT2D eigenvalue weighted by Gasteiger charge is 2.29. The van der Waals surface area contributed by atoms with Gasteiger partial charge in [-0.3, -0.25) is 4.74 Å². The highest BCUT2D eigenvalue weighted by Crippen LogP contribution is 2.34. The molecule has 0 aliphatic rings. The molecule has 0 fully saturated rings. The van der Waals surface area contributed by atoms with Crippen molar-refractivity contribution in [2.45, 2.75) is 39.2 Å². The van der Waals surface area contributed by atoms with Crippen molar-refractivity contribution in [1.82, 2.24) is 0 Å². The van der Waals surface area contributed by atoms with E-state index >= 15 is 0 Å². The molecule has 0 radical (unpaired) electrons. The first kappa shape index (κ1) is 16.6. The summed E-state index contributed by atoms with van der Waals surface area (Å²) in [5.74, 6) is 0.636. The highest BCUT2D eigenvalue weighted by atomic mass is 19.4. The highest BCUT2D eigenvalue weighted by molar-refractivity contribution is 5.91. The Morgan fingerprint density at radius 2 is 1.68 bits per heavy atom. The second-order valence-electron chi connectivity index (χ2n) is 6.18. The summed E-state index contributed by atoms with van der Waals surface area (Å²) >= 11 is 0. The molecule has 22 heavy (non-hydrogen) atoms. The zero-order chi connectivity index (χ0) is 16.5. The molecule has 0 atom stereocenters. The van der Waals surface area contributed by atoms with Gasteiger partial charge in [-0.15, -0.1) is 13.2 Å². The van der Waals surface area contributed by atoms with Gasteiger partial charge in [-0.2, -0.15) is 0 Å². The molecule has 0 amide bonds. The first-order valence-corrected chi connectivity index (χ1v) is 6.92. The summed E-state index contributed by atoms with van der Waals surface area (Å²) in [6.45, 7) is 5.52. The molecular weight excluding hydrogens is 293 g/mol. The lowest BCUT2D eigenvalue weighted by Crippen LogP contribution is -2.15. The minimum atomic E-state index is -4.65. The van der Waals surface area contributed by atoms with Crippen LogP contribution in [-0.2, 0) is 16.8 Å². The smallest absolute Gasteiger partial charge is 0.496 e. The Bertz CT molecular complexity index is 670. The zero-order valence-electron chi connectivity index (χ0n) is 13.0. The van der Waals surface area contributed by atoms with Crippen molar-refractivity contribution in [3.8, 4) is 5.75 Å². The maximum absolute atomic E-state index is 12.4. The summed E-state index contributed by atoms with van der Waals surface area (Å²) < 4.78 is 46.5. The Kier molecular flexibility index (Phi) is 4.38. The van der Waals surface area contributed by atoms with Gasteiger partial charge in [-0.25, -0.2) is 0 Å². The maximum atomic E-state index is 12.4. The largest absolute Gasteiger partial charge is 0.522 e. The van der Waals surface area contributed by atoms with Crippen LogP contribution in [0.1, 0.15) is 31.9 Å². The van der Waals surface area contributed by atoms with Gasteiger partial charge in [-0.1, -0.05) is 39.0 Å². The Labute approximate surface area is 127 Å². The number of hydrogen-bond acceptors (Lipinski definition) is 2. The lowest BCUT2D eigenvalue weighted by molar-refractivity contribution is -0.330. The Morgan fingerprint density at radius 3 is 2.23 bits per heavy atom. The van der Waals surface area contributed by atoms with E-state index in [0.717, 1.165) is 10.9 Å². The molecule has 0 spiro atoms. The van der Waals surface area contributed by atoms with Crippen molar-refractivity contribution in [3.05, 3.63) is 41.5 Å². The van der Waals surface area contributed by atoms with Gasteiger partial charge < -0.3 is 4.74 Å². The second kappa shape index (κ2) is 5.80. The predicted molar refractivity (Wildman–Crippen MR) is 80.0 cm³/mol. The lowest BCUT2D eigenvalue weighted by atomic mass is 9.84. The topological polar surface area (TPSA) is 18.5 Å². The van der Waals surface area contributed by atoms with Crippen molar-refractivity contribution in [1.29, 1.82) is 0 Å². The van der Waals surface area contributed by atoms with Gasteiger partial charge in [0.1, 0.15) is 5.75 Å². The molecule has 0 aliphatic heterocycles. The van der Waals surface area contributed by atoms with Gasteiger partial charge in [0.25, 0.3) is 0 Å². The molecule has 5 heteroatoms. The summed E-state index contributed by atoms with van der Waals surface area (Å²) in [4.78, 5) is 0. The molecular formula is C17H19F3O2. The summed E-state index contributed by atoms with van der Waals surface area (Å²) in [5.41, 5.74) is 1.24. The summed E-state index contributed by atoms with van der Waals surface area (Å²) in [6.07, 6.45) is -4.65. The fraction of sp³-hybridized carbons (Fsp3) is 0.412. The van der Waals surface area contributed by atoms with Gasteiger partial charge in [0, 0.05) is 5.39 Å². The van der Waals surface area contributed by atoms with E-state index in [1.807, 2.05) is 26.8 Å². The molecule has 120 valence electrons. The summed E-state index contributed by atoms with van der Waals surface area (Å²) in [6, 6.07) is 9.07. The van der Waals surface area contributed by atoms with Gasteiger partial charge in [0.05, 0.1) is 13.7 Å². The van der Waals surface area contributed by atoms with Crippen molar-refractivity contribution in [2.75, 3.05) is 7.11 Å². The third-order valence-electron chi connectivity index (χ3n) is 3.52. The molecule has 0 heterocycles. The fourth-order valence-corrected chi connectivity index (χ4v) is 2.33. The molecule has 0 bridgehead atoms. The van der Waals surface area contributed by atoms with E-state index < -0.39 is 13.0 Å². The minimum Gasteiger partial charge on any atom is -0.496 e. The van der Waals surface area contributed by atoms with Crippen molar-refractivity contribution in [3.63, 3.8) is 0 Å². The summed E-state index contributed by atoms with van der Waals surface area (Å²) in [7, 11) is 1.55. The molecule has 0 aromatic heterocycles. The SMILES string of the molecule is COc1cccc2c(COC(F)(F)F)cc(C(C)(C)C)cc12. The van der Waals surface area contributed by atoms with Crippen molar-refractivity contribution in [2.24, 2.45) is 0 Å². The Balaban J connectivity index is 2.61. The van der Waals surface area contributed by atoms with Crippen LogP contribution < -0.4 is 4.74 Å². The molecule has 0 unspecified atom stereocenters. The number of benzene rings is 2. The molecule has 2 aromatic carbocycles. The van der Waals surface area contributed by atoms with Crippen LogP contribution in [0.25, 0.3) is 10.8 Å². The average molecular weight is 312 g/mol. The molecule has 0 saturated carbocycles. The quantitative estimate of drug-likeness (QED) is 0.777. The van der Waals surface area contributed by atoms with Gasteiger partial charge >= 0.3 is 6.36 Å². The van der Waals surface area contributed by atoms with Crippen LogP contribution in [0.3, 0.4) is 0 Å². The molecule has 0 saturated heterocycles. The molecule has 2 nitrogen and oxygen atoms in total. The van der Waals surface area contributed by atoms with Crippen LogP contribution >= 0.6 is 0 Å². The van der Waals surface area contributed by atoms with Gasteiger partial charge in [0.15, 0.2) is 0 Å². The van der Waals surface area contributed by atoms with Crippen molar-refractivity contribution >= 4 is 10.8 Å². The Morgan fingerprint density at radius 1 is 1.00 bits per heavy atom. The molecule has 2 rings (SSSR count). The van der Waals surface area contributed by atoms with Gasteiger partial charge in [0.2, 0.25) is 0 Å². The Hall–Kier alpha value is -1.75. The molecule has 2 aromatic rings. The number of rotatable bonds is 3. The maximum Gasteiger partial charge on any atom is 0.522 e. The third-order valence-corrected chi connectivity index (χ3v) is 3.52. The zero-order valence-corrected chi connectivity index (χ0v) is 13.0. The van der Waals surface area contributed by atoms with Crippen LogP contribution in [0.5, 0.6) is 5.75 Å². The van der Waals surface area contributed by atoms with E-state index in [1.54, 1.807) is 31.4 Å². The molecule has 0 aliphatic carbocycles. The third kappa shape index (κ3) is 3.71. The number of methoxy groups -OCH3 is 1. The number of ether oxygens (including phenoxy) is 2. The fourth-order valence-electron chi connectivity index (χ4n) is 2.33. The predicted octanol–water partition coefficient (Wildman–Crippen LogP) is 5.18. The van der Waals surface area contributed by atoms with E-state index in [2.05, 4.69) is 4.74 Å². The first-order chi connectivity index (χ1) is 10.1. The lowest BCUT2D eigenvalue weighted by Gasteiger charge is -2.22. The van der Waals surface area contributed by atoms with E-state index in [0.29, 0.717) is 16.7 Å². The second-order valence-corrected chi connectivity index (χ2v) is 6.18. The van der Waals surface area contributed by atoms with E-state index in [1.165, 1.54) is 0 Å². The van der Waals surface area contributed by atoms with Crippen LogP contribution in [0, 0.1) is 0 Å². The molecule has 0 N–H and O–H groups in total. The van der Waals surface area contributed by atoms with Crippen LogP contribution in [0.2, 0.25) is 0 Å². The average Bonchev–Trinajstić information content (AvgIpc) is 2.41. The monoisotopic (exact) mass is 312 g/mol. The van der Waals surface area contributed by atoms with E-state index in [-0.39, 0.29) is 5.41 Å².